The lowest BCUT2D eigenvalue weighted by molar-refractivity contribution is -0.135. The van der Waals surface area contributed by atoms with Crippen molar-refractivity contribution < 1.29 is 18.7 Å². The molecule has 2 aliphatic heterocycles. The maximum absolute atomic E-state index is 13.8. The number of nitriles is 1. The molecule has 3 aromatic rings. The summed E-state index contributed by atoms with van der Waals surface area (Å²) in [6.45, 7) is 4.39. The first-order valence-electron chi connectivity index (χ1n) is 13.6. The predicted octanol–water partition coefficient (Wildman–Crippen LogP) is 4.87. The molecular weight excluding hydrogens is 547 g/mol. The molecule has 2 fully saturated rings. The van der Waals surface area contributed by atoms with Crippen molar-refractivity contribution in [2.24, 2.45) is 5.92 Å². The van der Waals surface area contributed by atoms with Gasteiger partial charge in [0.1, 0.15) is 17.6 Å². The average molecular weight is 577 g/mol. The van der Waals surface area contributed by atoms with E-state index in [0.717, 1.165) is 5.56 Å². The van der Waals surface area contributed by atoms with Gasteiger partial charge in [0, 0.05) is 49.6 Å². The van der Waals surface area contributed by atoms with Gasteiger partial charge in [-0.2, -0.15) is 5.26 Å². The molecule has 2 atom stereocenters. The molecule has 3 heterocycles. The lowest BCUT2D eigenvalue weighted by Gasteiger charge is -2.34. The maximum atomic E-state index is 13.8. The van der Waals surface area contributed by atoms with Crippen LogP contribution in [0.3, 0.4) is 0 Å². The van der Waals surface area contributed by atoms with Gasteiger partial charge in [0.15, 0.2) is 11.5 Å². The van der Waals surface area contributed by atoms with Crippen LogP contribution in [0.1, 0.15) is 36.9 Å². The summed E-state index contributed by atoms with van der Waals surface area (Å²) in [5.74, 6) is 0.315. The smallest absolute Gasteiger partial charge is 0.410 e. The van der Waals surface area contributed by atoms with Gasteiger partial charge in [0.25, 0.3) is 0 Å². The number of likely N-dealkylation sites (N-methyl/N-ethyl adjacent to an activating group) is 1. The average Bonchev–Trinajstić information content (AvgIpc) is 3.44. The quantitative estimate of drug-likeness (QED) is 0.412. The Morgan fingerprint density at radius 3 is 2.37 bits per heavy atom. The van der Waals surface area contributed by atoms with E-state index in [9.17, 15) is 14.0 Å². The van der Waals surface area contributed by atoms with Crippen LogP contribution in [0.15, 0.2) is 60.7 Å². The fourth-order valence-corrected chi connectivity index (χ4v) is 5.77. The molecule has 2 saturated heterocycles. The van der Waals surface area contributed by atoms with E-state index in [4.69, 9.17) is 21.6 Å². The summed E-state index contributed by atoms with van der Waals surface area (Å²) in [6, 6.07) is 17.9. The summed E-state index contributed by atoms with van der Waals surface area (Å²) in [4.78, 5) is 32.6. The third-order valence-corrected chi connectivity index (χ3v) is 8.08. The highest BCUT2D eigenvalue weighted by Crippen LogP contribution is 2.34. The van der Waals surface area contributed by atoms with Crippen molar-refractivity contribution in [2.75, 3.05) is 37.6 Å². The first-order chi connectivity index (χ1) is 19.9. The van der Waals surface area contributed by atoms with Gasteiger partial charge in [0.05, 0.1) is 6.04 Å². The van der Waals surface area contributed by atoms with E-state index in [2.05, 4.69) is 15.1 Å². The van der Waals surface area contributed by atoms with Crippen molar-refractivity contribution >= 4 is 29.4 Å². The minimum atomic E-state index is -0.547. The number of carbonyl (C=O) groups is 2. The van der Waals surface area contributed by atoms with Crippen LogP contribution in [0, 0.1) is 23.1 Å². The second-order valence-corrected chi connectivity index (χ2v) is 10.7. The van der Waals surface area contributed by atoms with Gasteiger partial charge in [-0.1, -0.05) is 23.7 Å². The van der Waals surface area contributed by atoms with Crippen molar-refractivity contribution in [1.29, 1.82) is 5.26 Å². The number of piperidine rings is 1. The highest BCUT2D eigenvalue weighted by atomic mass is 35.5. The number of benzene rings is 2. The minimum Gasteiger partial charge on any atom is -0.410 e. The highest BCUT2D eigenvalue weighted by Gasteiger charge is 2.43. The van der Waals surface area contributed by atoms with Crippen molar-refractivity contribution in [3.63, 3.8) is 0 Å². The van der Waals surface area contributed by atoms with Gasteiger partial charge >= 0.3 is 6.09 Å². The number of hydrogen-bond acceptors (Lipinski definition) is 7. The van der Waals surface area contributed by atoms with Crippen molar-refractivity contribution in [3.8, 4) is 11.8 Å². The number of aromatic nitrogens is 2. The summed E-state index contributed by atoms with van der Waals surface area (Å²) in [6.07, 6.45) is 0.781. The lowest BCUT2D eigenvalue weighted by Crippen LogP contribution is -2.47. The zero-order chi connectivity index (χ0) is 28.9. The predicted molar refractivity (Wildman–Crippen MR) is 151 cm³/mol. The van der Waals surface area contributed by atoms with Gasteiger partial charge in [-0.05, 0) is 73.9 Å². The molecule has 0 radical (unpaired) electrons. The summed E-state index contributed by atoms with van der Waals surface area (Å²) in [5.41, 5.74) is 1.25. The van der Waals surface area contributed by atoms with Crippen molar-refractivity contribution in [2.45, 2.75) is 31.7 Å². The molecule has 2 aromatic carbocycles. The topological polar surface area (TPSA) is 103 Å². The molecule has 0 bridgehead atoms. The summed E-state index contributed by atoms with van der Waals surface area (Å²) in [5, 5.41) is 17.6. The van der Waals surface area contributed by atoms with E-state index in [0.29, 0.717) is 56.4 Å². The third-order valence-electron chi connectivity index (χ3n) is 7.83. The monoisotopic (exact) mass is 576 g/mol. The van der Waals surface area contributed by atoms with Crippen molar-refractivity contribution in [3.05, 3.63) is 82.8 Å². The lowest BCUT2D eigenvalue weighted by atomic mass is 9.93. The van der Waals surface area contributed by atoms with Crippen LogP contribution in [-0.2, 0) is 4.79 Å². The molecule has 0 spiro atoms. The van der Waals surface area contributed by atoms with Crippen molar-refractivity contribution in [1.82, 2.24) is 20.0 Å². The van der Waals surface area contributed by atoms with E-state index in [1.54, 1.807) is 17.0 Å². The Hall–Kier alpha value is -4.23. The molecule has 0 unspecified atom stereocenters. The highest BCUT2D eigenvalue weighted by molar-refractivity contribution is 6.30. The number of hydrogen-bond donors (Lipinski definition) is 0. The molecule has 0 saturated carbocycles. The van der Waals surface area contributed by atoms with Gasteiger partial charge in [0.2, 0.25) is 5.91 Å². The Balaban J connectivity index is 1.30. The molecule has 9 nitrogen and oxygen atoms in total. The van der Waals surface area contributed by atoms with Crippen LogP contribution < -0.4 is 9.64 Å². The molecule has 212 valence electrons. The number of carbonyl (C=O) groups excluding carboxylic acids is 2. The molecule has 0 aliphatic carbocycles. The van der Waals surface area contributed by atoms with Crippen LogP contribution >= 0.6 is 11.6 Å². The zero-order valence-corrected chi connectivity index (χ0v) is 23.4. The number of nitrogens with zero attached hydrogens (tertiary/aromatic N) is 6. The number of anilines is 1. The zero-order valence-electron chi connectivity index (χ0n) is 22.6. The van der Waals surface area contributed by atoms with E-state index in [1.165, 1.54) is 24.3 Å². The van der Waals surface area contributed by atoms with Gasteiger partial charge < -0.3 is 19.4 Å². The number of amides is 2. The fraction of sp³-hybridized carbons (Fsp3) is 0.367. The molecule has 5 rings (SSSR count). The summed E-state index contributed by atoms with van der Waals surface area (Å²) < 4.78 is 18.9. The summed E-state index contributed by atoms with van der Waals surface area (Å²) in [7, 11) is 0. The summed E-state index contributed by atoms with van der Waals surface area (Å²) >= 11 is 6.15. The number of halogens is 2. The first-order valence-corrected chi connectivity index (χ1v) is 14.0. The van der Waals surface area contributed by atoms with Crippen LogP contribution in [0.5, 0.6) is 5.75 Å². The molecular formula is C30H30ClFN6O3. The van der Waals surface area contributed by atoms with E-state index >= 15 is 0 Å². The normalized spacial score (nSPS) is 19.1. The van der Waals surface area contributed by atoms with Crippen LogP contribution in [0.25, 0.3) is 0 Å². The molecule has 2 aliphatic rings. The Morgan fingerprint density at radius 2 is 1.76 bits per heavy atom. The van der Waals surface area contributed by atoms with Gasteiger partial charge in [-0.3, -0.25) is 4.79 Å². The Morgan fingerprint density at radius 1 is 1.05 bits per heavy atom. The fourth-order valence-electron chi connectivity index (χ4n) is 5.65. The minimum absolute atomic E-state index is 0.0694. The van der Waals surface area contributed by atoms with Crippen LogP contribution in [0.2, 0.25) is 5.02 Å². The molecule has 0 N–H and O–H groups in total. The second kappa shape index (κ2) is 12.5. The van der Waals surface area contributed by atoms with E-state index in [-0.39, 0.29) is 35.2 Å². The largest absolute Gasteiger partial charge is 0.415 e. The van der Waals surface area contributed by atoms with Gasteiger partial charge in [-0.15, -0.1) is 10.2 Å². The Kier molecular flexibility index (Phi) is 8.64. The number of likely N-dealkylation sites (tertiary alicyclic amines) is 1. The molecule has 2 amide bonds. The standard InChI is InChI=1S/C30H30ClFN6O3/c1-2-38(30(40)41-25-10-7-23(32)8-11-25)27-19-37(18-26(27)20-3-5-22(31)6-4-20)29(39)21-13-15-36(16-14-21)28-12-9-24(17-33)34-35-28/h3-12,21,26-27H,2,13-16,18-19H2,1H3/t26-,27+/m1/s1. The Bertz CT molecular complexity index is 1410. The van der Waals surface area contributed by atoms with E-state index in [1.807, 2.05) is 42.2 Å². The number of rotatable bonds is 6. The van der Waals surface area contributed by atoms with E-state index < -0.39 is 11.9 Å². The first kappa shape index (κ1) is 28.3. The molecule has 1 aromatic heterocycles. The maximum Gasteiger partial charge on any atom is 0.415 e. The second-order valence-electron chi connectivity index (χ2n) is 10.2. The third kappa shape index (κ3) is 6.41. The molecule has 11 heteroatoms. The molecule has 41 heavy (non-hydrogen) atoms. The Labute approximate surface area is 243 Å². The SMILES string of the molecule is CCN(C(=O)Oc1ccc(F)cc1)[C@H]1CN(C(=O)C2CCN(c3ccc(C#N)nn3)CC2)C[C@@H]1c1ccc(Cl)cc1. The van der Waals surface area contributed by atoms with Gasteiger partial charge in [-0.25, -0.2) is 9.18 Å². The van der Waals surface area contributed by atoms with Crippen LogP contribution in [0.4, 0.5) is 15.0 Å². The van der Waals surface area contributed by atoms with Crippen LogP contribution in [-0.4, -0.2) is 70.8 Å². The number of ether oxygens (including phenoxy) is 1.